The Balaban J connectivity index is 2.36. The number of hydrogen-bond acceptors (Lipinski definition) is 10. The first-order chi connectivity index (χ1) is 23.5. The molecule has 49 heavy (non-hydrogen) atoms. The minimum absolute atomic E-state index is 0.0187. The van der Waals surface area contributed by atoms with Crippen molar-refractivity contribution in [2.24, 2.45) is 27.9 Å². The van der Waals surface area contributed by atoms with Crippen LogP contribution in [0.1, 0.15) is 63.0 Å². The van der Waals surface area contributed by atoms with Crippen molar-refractivity contribution in [2.45, 2.75) is 75.5 Å². The Morgan fingerprint density at radius 3 is 2.00 bits per heavy atom. The molecule has 1 aromatic carbocycles. The van der Waals surface area contributed by atoms with Crippen molar-refractivity contribution in [3.05, 3.63) is 35.9 Å². The van der Waals surface area contributed by atoms with Gasteiger partial charge in [0.2, 0.25) is 35.4 Å². The van der Waals surface area contributed by atoms with Gasteiger partial charge >= 0.3 is 0 Å². The van der Waals surface area contributed by atoms with Gasteiger partial charge in [-0.25, -0.2) is 4.99 Å². The van der Waals surface area contributed by atoms with Gasteiger partial charge in [0.25, 0.3) is 0 Å². The molecule has 1 aromatic rings. The van der Waals surface area contributed by atoms with Gasteiger partial charge < -0.3 is 59.6 Å². The second-order valence-corrected chi connectivity index (χ2v) is 11.4. The largest absolute Gasteiger partial charge is 0.370 e. The summed E-state index contributed by atoms with van der Waals surface area (Å²) in [6, 6.07) is 4.16. The highest BCUT2D eigenvalue weighted by molar-refractivity contribution is 5.95. The van der Waals surface area contributed by atoms with Crippen LogP contribution in [0.15, 0.2) is 35.3 Å². The highest BCUT2D eigenvalue weighted by atomic mass is 16.5. The second kappa shape index (κ2) is 22.7. The standard InChI is InChI=1S/C31H51N11O7/c32-14-6-4-10-21-28(46)38-19-49-17-13-23(41-31(34)35)27(45)37-18-25(44)36-16-12-24(43)42-26(20-8-2-1-3-9-20)30(48)40-22(29(47)39-21)11-5-7-15-33/h1-3,8-9,21-23,26H,4-7,10-19,32-33H2,(H,36,44)(H,37,45)(H,38,46)(H,39,47)(H,40,48)(H,42,43)(H4,34,35,41)/t21-,22-,23+,26+/m0/s1. The lowest BCUT2D eigenvalue weighted by atomic mass is 10.0. The van der Waals surface area contributed by atoms with Crippen molar-refractivity contribution in [3.8, 4) is 0 Å². The molecule has 18 nitrogen and oxygen atoms in total. The molecule has 1 saturated heterocycles. The zero-order valence-corrected chi connectivity index (χ0v) is 27.7. The van der Waals surface area contributed by atoms with E-state index in [4.69, 9.17) is 27.7 Å². The van der Waals surface area contributed by atoms with Crippen LogP contribution in [0.2, 0.25) is 0 Å². The highest BCUT2D eigenvalue weighted by Crippen LogP contribution is 2.15. The number of aliphatic imine (C=N–C) groups is 1. The third-order valence-electron chi connectivity index (χ3n) is 7.45. The highest BCUT2D eigenvalue weighted by Gasteiger charge is 2.30. The van der Waals surface area contributed by atoms with Crippen LogP contribution in [-0.4, -0.2) is 99.0 Å². The molecule has 4 atom stereocenters. The Morgan fingerprint density at radius 1 is 0.735 bits per heavy atom. The number of unbranched alkanes of at least 4 members (excludes halogenated alkanes) is 2. The molecule has 1 fully saturated rings. The summed E-state index contributed by atoms with van der Waals surface area (Å²) >= 11 is 0. The molecular formula is C31H51N11O7. The van der Waals surface area contributed by atoms with E-state index in [1.165, 1.54) is 0 Å². The van der Waals surface area contributed by atoms with Crippen LogP contribution in [0.25, 0.3) is 0 Å². The summed E-state index contributed by atoms with van der Waals surface area (Å²) in [7, 11) is 0. The SMILES string of the molecule is NCCCC[C@@H]1NC(=O)[C@H](CCCCN)NC(=O)[C@@H](c2ccccc2)NC(=O)CCNC(=O)CNC(=O)[C@H](N=C(N)N)CCOCNC1=O. The van der Waals surface area contributed by atoms with Crippen LogP contribution in [0.5, 0.6) is 0 Å². The van der Waals surface area contributed by atoms with E-state index in [0.717, 1.165) is 0 Å². The van der Waals surface area contributed by atoms with Crippen molar-refractivity contribution >= 4 is 41.4 Å². The lowest BCUT2D eigenvalue weighted by Crippen LogP contribution is -2.55. The van der Waals surface area contributed by atoms with Gasteiger partial charge in [-0.05, 0) is 57.2 Å². The van der Waals surface area contributed by atoms with Gasteiger partial charge in [-0.1, -0.05) is 30.3 Å². The molecule has 2 rings (SSSR count). The topological polar surface area (TPSA) is 300 Å². The molecule has 1 aliphatic heterocycles. The zero-order chi connectivity index (χ0) is 36.0. The molecule has 272 valence electrons. The maximum Gasteiger partial charge on any atom is 0.247 e. The molecule has 0 aromatic heterocycles. The Kier molecular flexibility index (Phi) is 18.7. The van der Waals surface area contributed by atoms with E-state index < -0.39 is 66.2 Å². The zero-order valence-electron chi connectivity index (χ0n) is 27.7. The Morgan fingerprint density at radius 2 is 1.37 bits per heavy atom. The Labute approximate surface area is 285 Å². The molecule has 6 amide bonds. The third-order valence-corrected chi connectivity index (χ3v) is 7.45. The van der Waals surface area contributed by atoms with E-state index in [1.54, 1.807) is 30.3 Å². The summed E-state index contributed by atoms with van der Waals surface area (Å²) in [4.78, 5) is 82.4. The predicted molar refractivity (Wildman–Crippen MR) is 181 cm³/mol. The number of rotatable bonds is 10. The number of nitrogens with zero attached hydrogens (tertiary/aromatic N) is 1. The van der Waals surface area contributed by atoms with Gasteiger partial charge in [0.05, 0.1) is 13.2 Å². The average Bonchev–Trinajstić information content (AvgIpc) is 3.07. The maximum absolute atomic E-state index is 13.7. The van der Waals surface area contributed by atoms with Gasteiger partial charge in [-0.15, -0.1) is 0 Å². The van der Waals surface area contributed by atoms with Gasteiger partial charge in [0, 0.05) is 19.4 Å². The number of ether oxygens (including phenoxy) is 1. The number of amides is 6. The molecule has 0 radical (unpaired) electrons. The van der Waals surface area contributed by atoms with Crippen molar-refractivity contribution in [2.75, 3.05) is 39.5 Å². The van der Waals surface area contributed by atoms with E-state index in [1.807, 2.05) is 0 Å². The molecule has 14 N–H and O–H groups in total. The van der Waals surface area contributed by atoms with E-state index in [2.05, 4.69) is 36.9 Å². The summed E-state index contributed by atoms with van der Waals surface area (Å²) < 4.78 is 5.49. The van der Waals surface area contributed by atoms with Gasteiger partial charge in [-0.2, -0.15) is 0 Å². The van der Waals surface area contributed by atoms with Crippen molar-refractivity contribution in [3.63, 3.8) is 0 Å². The second-order valence-electron chi connectivity index (χ2n) is 11.4. The lowest BCUT2D eigenvalue weighted by Gasteiger charge is -2.26. The normalized spacial score (nSPS) is 22.7. The van der Waals surface area contributed by atoms with Crippen molar-refractivity contribution in [1.82, 2.24) is 31.9 Å². The van der Waals surface area contributed by atoms with E-state index in [0.29, 0.717) is 44.3 Å². The molecule has 0 unspecified atom stereocenters. The Bertz CT molecular complexity index is 1260. The van der Waals surface area contributed by atoms with Gasteiger partial charge in [0.1, 0.15) is 30.9 Å². The Hall–Kier alpha value is -4.81. The number of carbonyl (C=O) groups excluding carboxylic acids is 6. The van der Waals surface area contributed by atoms with E-state index >= 15 is 0 Å². The fraction of sp³-hybridized carbons (Fsp3) is 0.581. The number of nitrogens with one attached hydrogen (secondary N) is 6. The van der Waals surface area contributed by atoms with Crippen LogP contribution in [0, 0.1) is 0 Å². The predicted octanol–water partition coefficient (Wildman–Crippen LogP) is -3.17. The van der Waals surface area contributed by atoms with Crippen molar-refractivity contribution < 1.29 is 33.5 Å². The minimum Gasteiger partial charge on any atom is -0.370 e. The smallest absolute Gasteiger partial charge is 0.247 e. The first-order valence-corrected chi connectivity index (χ1v) is 16.4. The van der Waals surface area contributed by atoms with Crippen LogP contribution in [0.3, 0.4) is 0 Å². The maximum atomic E-state index is 13.7. The summed E-state index contributed by atoms with van der Waals surface area (Å²) in [6.07, 6.45) is 2.56. The number of carbonyl (C=O) groups is 6. The van der Waals surface area contributed by atoms with Crippen LogP contribution in [-0.2, 0) is 33.5 Å². The van der Waals surface area contributed by atoms with Crippen LogP contribution >= 0.6 is 0 Å². The minimum atomic E-state index is -1.18. The van der Waals surface area contributed by atoms with Crippen LogP contribution in [0.4, 0.5) is 0 Å². The first kappa shape index (κ1) is 40.4. The van der Waals surface area contributed by atoms with E-state index in [9.17, 15) is 28.8 Å². The number of benzene rings is 1. The average molecular weight is 690 g/mol. The monoisotopic (exact) mass is 689 g/mol. The lowest BCUT2D eigenvalue weighted by molar-refractivity contribution is -0.134. The summed E-state index contributed by atoms with van der Waals surface area (Å²) in [5.74, 6) is -3.90. The summed E-state index contributed by atoms with van der Waals surface area (Å²) in [5, 5.41) is 15.8. The van der Waals surface area contributed by atoms with Crippen molar-refractivity contribution in [1.29, 1.82) is 0 Å². The first-order valence-electron chi connectivity index (χ1n) is 16.4. The fourth-order valence-electron chi connectivity index (χ4n) is 4.84. The van der Waals surface area contributed by atoms with Crippen LogP contribution < -0.4 is 54.8 Å². The molecule has 0 saturated carbocycles. The number of nitrogens with two attached hydrogens (primary N) is 4. The number of hydrogen-bond donors (Lipinski definition) is 10. The number of guanidine groups is 1. The van der Waals surface area contributed by atoms with Gasteiger partial charge in [-0.3, -0.25) is 28.8 Å². The summed E-state index contributed by atoms with van der Waals surface area (Å²) in [6.45, 7) is -0.0338. The fourth-order valence-corrected chi connectivity index (χ4v) is 4.84. The molecule has 1 aliphatic rings. The molecule has 1 heterocycles. The quantitative estimate of drug-likeness (QED) is 0.0664. The van der Waals surface area contributed by atoms with E-state index in [-0.39, 0.29) is 51.5 Å². The third kappa shape index (κ3) is 15.8. The van der Waals surface area contributed by atoms with Gasteiger partial charge in [0.15, 0.2) is 5.96 Å². The molecular weight excluding hydrogens is 638 g/mol. The molecule has 0 spiro atoms. The summed E-state index contributed by atoms with van der Waals surface area (Å²) in [5.41, 5.74) is 22.7. The molecule has 0 bridgehead atoms. The molecule has 18 heteroatoms. The molecule has 0 aliphatic carbocycles.